The third-order valence-electron chi connectivity index (χ3n) is 3.50. The molecule has 2 aromatic rings. The van der Waals surface area contributed by atoms with E-state index in [2.05, 4.69) is 11.9 Å². The van der Waals surface area contributed by atoms with Gasteiger partial charge in [-0.3, -0.25) is 4.90 Å². The molecule has 100 valence electrons. The molecule has 0 N–H and O–H groups in total. The number of nitrogens with zero attached hydrogens (tertiary/aromatic N) is 1. The van der Waals surface area contributed by atoms with Gasteiger partial charge in [-0.05, 0) is 32.2 Å². The predicted octanol–water partition coefficient (Wildman–Crippen LogP) is 3.81. The standard InChI is InChI=1S/C15H16ClNO2/c1-10-12(16)4-3-5-13(10)19-15-9-17(2)8-14-11(15)6-7-18-14/h3-7,15H,8-9H2,1-2H3. The van der Waals surface area contributed by atoms with E-state index in [9.17, 15) is 0 Å². The third kappa shape index (κ3) is 2.36. The number of ether oxygens (including phenoxy) is 1. The van der Waals surface area contributed by atoms with Crippen molar-refractivity contribution in [2.24, 2.45) is 0 Å². The molecule has 0 amide bonds. The second-order valence-corrected chi connectivity index (χ2v) is 5.37. The smallest absolute Gasteiger partial charge is 0.140 e. The highest BCUT2D eigenvalue weighted by molar-refractivity contribution is 6.31. The molecule has 0 saturated carbocycles. The van der Waals surface area contributed by atoms with E-state index < -0.39 is 0 Å². The summed E-state index contributed by atoms with van der Waals surface area (Å²) < 4.78 is 11.6. The number of furan rings is 1. The Balaban J connectivity index is 1.90. The largest absolute Gasteiger partial charge is 0.484 e. The van der Waals surface area contributed by atoms with Gasteiger partial charge >= 0.3 is 0 Å². The number of benzene rings is 1. The van der Waals surface area contributed by atoms with Gasteiger partial charge in [0.15, 0.2) is 0 Å². The first-order valence-corrected chi connectivity index (χ1v) is 6.69. The molecule has 0 spiro atoms. The molecule has 0 bridgehead atoms. The Labute approximate surface area is 117 Å². The van der Waals surface area contributed by atoms with Crippen molar-refractivity contribution in [3.05, 3.63) is 52.4 Å². The molecule has 19 heavy (non-hydrogen) atoms. The van der Waals surface area contributed by atoms with Crippen molar-refractivity contribution in [2.75, 3.05) is 13.6 Å². The van der Waals surface area contributed by atoms with Crippen LogP contribution in [0.25, 0.3) is 0 Å². The second-order valence-electron chi connectivity index (χ2n) is 4.97. The van der Waals surface area contributed by atoms with E-state index in [1.165, 1.54) is 0 Å². The molecule has 1 aromatic heterocycles. The summed E-state index contributed by atoms with van der Waals surface area (Å²) >= 11 is 6.13. The molecular weight excluding hydrogens is 262 g/mol. The number of halogens is 1. The minimum Gasteiger partial charge on any atom is -0.484 e. The molecule has 1 aromatic carbocycles. The highest BCUT2D eigenvalue weighted by atomic mass is 35.5. The first-order valence-electron chi connectivity index (χ1n) is 6.31. The molecule has 0 saturated heterocycles. The lowest BCUT2D eigenvalue weighted by atomic mass is 10.1. The predicted molar refractivity (Wildman–Crippen MR) is 74.6 cm³/mol. The molecule has 2 heterocycles. The van der Waals surface area contributed by atoms with E-state index in [-0.39, 0.29) is 6.10 Å². The fourth-order valence-corrected chi connectivity index (χ4v) is 2.59. The minimum atomic E-state index is -0.00957. The van der Waals surface area contributed by atoms with Crippen LogP contribution in [-0.4, -0.2) is 18.5 Å². The van der Waals surface area contributed by atoms with Gasteiger partial charge in [0.05, 0.1) is 12.8 Å². The van der Waals surface area contributed by atoms with Crippen LogP contribution in [-0.2, 0) is 6.54 Å². The average molecular weight is 278 g/mol. The van der Waals surface area contributed by atoms with Crippen molar-refractivity contribution in [1.82, 2.24) is 4.90 Å². The van der Waals surface area contributed by atoms with Gasteiger partial charge in [-0.1, -0.05) is 17.7 Å². The molecule has 4 heteroatoms. The number of likely N-dealkylation sites (N-methyl/N-ethyl adjacent to an activating group) is 1. The summed E-state index contributed by atoms with van der Waals surface area (Å²) in [6.07, 6.45) is 1.72. The van der Waals surface area contributed by atoms with Crippen LogP contribution in [0.4, 0.5) is 0 Å². The maximum absolute atomic E-state index is 6.14. The van der Waals surface area contributed by atoms with Crippen LogP contribution < -0.4 is 4.74 Å². The Morgan fingerprint density at radius 2 is 2.21 bits per heavy atom. The molecule has 3 nitrogen and oxygen atoms in total. The van der Waals surface area contributed by atoms with Gasteiger partial charge in [-0.15, -0.1) is 0 Å². The van der Waals surface area contributed by atoms with E-state index in [4.69, 9.17) is 20.8 Å². The monoisotopic (exact) mass is 277 g/mol. The SMILES string of the molecule is Cc1c(Cl)cccc1OC1CN(C)Cc2occc21. The van der Waals surface area contributed by atoms with Crippen LogP contribution in [0, 0.1) is 6.92 Å². The zero-order valence-electron chi connectivity index (χ0n) is 11.0. The van der Waals surface area contributed by atoms with Gasteiger partial charge in [0.1, 0.15) is 17.6 Å². The zero-order chi connectivity index (χ0) is 13.4. The lowest BCUT2D eigenvalue weighted by Gasteiger charge is -2.29. The third-order valence-corrected chi connectivity index (χ3v) is 3.91. The Kier molecular flexibility index (Phi) is 3.25. The van der Waals surface area contributed by atoms with E-state index in [0.717, 1.165) is 40.7 Å². The Bertz CT molecular complexity index is 594. The lowest BCUT2D eigenvalue weighted by Crippen LogP contribution is -2.32. The Morgan fingerprint density at radius 3 is 3.05 bits per heavy atom. The quantitative estimate of drug-likeness (QED) is 0.835. The summed E-state index contributed by atoms with van der Waals surface area (Å²) in [6, 6.07) is 7.73. The first kappa shape index (κ1) is 12.6. The molecule has 1 atom stereocenters. The van der Waals surface area contributed by atoms with Crippen LogP contribution in [0.5, 0.6) is 5.75 Å². The summed E-state index contributed by atoms with van der Waals surface area (Å²) in [7, 11) is 2.06. The van der Waals surface area contributed by atoms with Crippen molar-refractivity contribution < 1.29 is 9.15 Å². The van der Waals surface area contributed by atoms with Crippen molar-refractivity contribution in [3.8, 4) is 5.75 Å². The fourth-order valence-electron chi connectivity index (χ4n) is 2.43. The van der Waals surface area contributed by atoms with Gasteiger partial charge in [0.25, 0.3) is 0 Å². The van der Waals surface area contributed by atoms with Gasteiger partial charge in [0, 0.05) is 22.7 Å². The van der Waals surface area contributed by atoms with Gasteiger partial charge in [-0.25, -0.2) is 0 Å². The Morgan fingerprint density at radius 1 is 1.37 bits per heavy atom. The molecule has 0 aliphatic carbocycles. The van der Waals surface area contributed by atoms with Crippen LogP contribution in [0.2, 0.25) is 5.02 Å². The van der Waals surface area contributed by atoms with Crippen LogP contribution in [0.1, 0.15) is 23.0 Å². The van der Waals surface area contributed by atoms with Crippen molar-refractivity contribution in [3.63, 3.8) is 0 Å². The highest BCUT2D eigenvalue weighted by Gasteiger charge is 2.27. The summed E-state index contributed by atoms with van der Waals surface area (Å²) in [6.45, 7) is 3.65. The minimum absolute atomic E-state index is 0.00957. The van der Waals surface area contributed by atoms with Crippen molar-refractivity contribution in [1.29, 1.82) is 0 Å². The lowest BCUT2D eigenvalue weighted by molar-refractivity contribution is 0.119. The van der Waals surface area contributed by atoms with Crippen molar-refractivity contribution in [2.45, 2.75) is 19.6 Å². The number of fused-ring (bicyclic) bond motifs is 1. The van der Waals surface area contributed by atoms with Gasteiger partial charge < -0.3 is 9.15 Å². The fraction of sp³-hybridized carbons (Fsp3) is 0.333. The Hall–Kier alpha value is -1.45. The molecule has 1 aliphatic heterocycles. The molecule has 1 unspecified atom stereocenters. The summed E-state index contributed by atoms with van der Waals surface area (Å²) in [5.41, 5.74) is 2.11. The van der Waals surface area contributed by atoms with Gasteiger partial charge in [0.2, 0.25) is 0 Å². The van der Waals surface area contributed by atoms with E-state index >= 15 is 0 Å². The molecule has 3 rings (SSSR count). The zero-order valence-corrected chi connectivity index (χ0v) is 11.8. The van der Waals surface area contributed by atoms with E-state index in [1.807, 2.05) is 31.2 Å². The first-order chi connectivity index (χ1) is 9.15. The number of rotatable bonds is 2. The molecular formula is C15H16ClNO2. The van der Waals surface area contributed by atoms with Crippen LogP contribution in [0.15, 0.2) is 34.9 Å². The normalized spacial score (nSPS) is 19.2. The van der Waals surface area contributed by atoms with Crippen LogP contribution in [0.3, 0.4) is 0 Å². The second kappa shape index (κ2) is 4.91. The molecule has 1 aliphatic rings. The van der Waals surface area contributed by atoms with Crippen LogP contribution >= 0.6 is 11.6 Å². The maximum atomic E-state index is 6.14. The van der Waals surface area contributed by atoms with Gasteiger partial charge in [-0.2, -0.15) is 0 Å². The van der Waals surface area contributed by atoms with Crippen molar-refractivity contribution >= 4 is 11.6 Å². The number of hydrogen-bond acceptors (Lipinski definition) is 3. The number of hydrogen-bond donors (Lipinski definition) is 0. The topological polar surface area (TPSA) is 25.6 Å². The molecule has 0 fully saturated rings. The summed E-state index contributed by atoms with van der Waals surface area (Å²) in [5.74, 6) is 1.82. The maximum Gasteiger partial charge on any atom is 0.140 e. The summed E-state index contributed by atoms with van der Waals surface area (Å²) in [5, 5.41) is 0.731. The molecule has 0 radical (unpaired) electrons. The average Bonchev–Trinajstić information content (AvgIpc) is 2.83. The van der Waals surface area contributed by atoms with E-state index in [1.54, 1.807) is 6.26 Å². The van der Waals surface area contributed by atoms with E-state index in [0.29, 0.717) is 0 Å². The summed E-state index contributed by atoms with van der Waals surface area (Å²) in [4.78, 5) is 2.19. The highest BCUT2D eigenvalue weighted by Crippen LogP contribution is 2.33.